The van der Waals surface area contributed by atoms with E-state index in [4.69, 9.17) is 11.6 Å². The Morgan fingerprint density at radius 1 is 0.933 bits per heavy atom. The summed E-state index contributed by atoms with van der Waals surface area (Å²) in [7, 11) is 0. The lowest BCUT2D eigenvalue weighted by atomic mass is 9.96. The van der Waals surface area contributed by atoms with Crippen molar-refractivity contribution >= 4 is 17.5 Å². The van der Waals surface area contributed by atoms with E-state index in [2.05, 4.69) is 56.5 Å². The average molecular weight is 421 g/mol. The Bertz CT molecular complexity index is 942. The van der Waals surface area contributed by atoms with E-state index >= 15 is 0 Å². The summed E-state index contributed by atoms with van der Waals surface area (Å²) in [5, 5.41) is 3.75. The summed E-state index contributed by atoms with van der Waals surface area (Å²) >= 11 is 6.11. The van der Waals surface area contributed by atoms with Gasteiger partial charge in [0.1, 0.15) is 0 Å². The molecule has 1 N–H and O–H groups in total. The van der Waals surface area contributed by atoms with Crippen LogP contribution < -0.4 is 5.32 Å². The molecule has 154 valence electrons. The fraction of sp³-hybridized carbons (Fsp3) is 0.250. The zero-order chi connectivity index (χ0) is 20.8. The number of nitrogens with zero attached hydrogens (tertiary/aromatic N) is 3. The van der Waals surface area contributed by atoms with Gasteiger partial charge in [0.25, 0.3) is 5.91 Å². The van der Waals surface area contributed by atoms with Crippen LogP contribution >= 0.6 is 11.6 Å². The molecule has 1 atom stereocenters. The van der Waals surface area contributed by atoms with Gasteiger partial charge in [-0.05, 0) is 35.4 Å². The normalized spacial score (nSPS) is 16.2. The topological polar surface area (TPSA) is 48.5 Å². The van der Waals surface area contributed by atoms with Crippen LogP contribution in [0.3, 0.4) is 0 Å². The quantitative estimate of drug-likeness (QED) is 0.658. The Labute approximate surface area is 182 Å². The Morgan fingerprint density at radius 2 is 1.63 bits per heavy atom. The van der Waals surface area contributed by atoms with Crippen LogP contribution in [0.2, 0.25) is 5.02 Å². The molecule has 1 amide bonds. The number of halogens is 1. The van der Waals surface area contributed by atoms with Crippen LogP contribution in [0, 0.1) is 0 Å². The van der Waals surface area contributed by atoms with E-state index in [0.29, 0.717) is 12.2 Å². The zero-order valence-corrected chi connectivity index (χ0v) is 17.5. The van der Waals surface area contributed by atoms with Gasteiger partial charge in [0.05, 0.1) is 18.3 Å². The van der Waals surface area contributed by atoms with E-state index in [1.165, 1.54) is 11.1 Å². The fourth-order valence-corrected chi connectivity index (χ4v) is 3.98. The molecule has 0 bridgehead atoms. The molecule has 1 aliphatic heterocycles. The van der Waals surface area contributed by atoms with Gasteiger partial charge in [-0.15, -0.1) is 0 Å². The number of amides is 1. The minimum absolute atomic E-state index is 0.0890. The predicted molar refractivity (Wildman–Crippen MR) is 119 cm³/mol. The maximum absolute atomic E-state index is 12.3. The molecule has 30 heavy (non-hydrogen) atoms. The number of aromatic nitrogens is 1. The van der Waals surface area contributed by atoms with Gasteiger partial charge in [0, 0.05) is 43.6 Å². The van der Waals surface area contributed by atoms with Crippen molar-refractivity contribution in [2.24, 2.45) is 0 Å². The molecule has 1 unspecified atom stereocenters. The third kappa shape index (κ3) is 5.05. The summed E-state index contributed by atoms with van der Waals surface area (Å²) in [6, 6.07) is 22.5. The van der Waals surface area contributed by atoms with Gasteiger partial charge in [-0.1, -0.05) is 54.1 Å². The van der Waals surface area contributed by atoms with Crippen LogP contribution in [0.5, 0.6) is 0 Å². The standard InChI is InChI=1S/C24H25ClN4O/c25-22-10-8-20(9-11-22)23(19-5-2-1-3-6-19)29-15-13-28(14-16-29)18-27-24(30)21-7-4-12-26-17-21/h1-12,17,23H,13-16,18H2,(H,27,30). The highest BCUT2D eigenvalue weighted by atomic mass is 35.5. The first-order valence-corrected chi connectivity index (χ1v) is 10.5. The number of rotatable bonds is 6. The highest BCUT2D eigenvalue weighted by molar-refractivity contribution is 6.30. The molecule has 0 saturated carbocycles. The highest BCUT2D eigenvalue weighted by Gasteiger charge is 2.26. The van der Waals surface area contributed by atoms with E-state index in [1.54, 1.807) is 24.5 Å². The Balaban J connectivity index is 1.39. The van der Waals surface area contributed by atoms with Crippen molar-refractivity contribution in [2.75, 3.05) is 32.8 Å². The first kappa shape index (κ1) is 20.5. The van der Waals surface area contributed by atoms with Gasteiger partial charge in [-0.2, -0.15) is 0 Å². The number of hydrogen-bond acceptors (Lipinski definition) is 4. The lowest BCUT2D eigenvalue weighted by molar-refractivity contribution is 0.0830. The van der Waals surface area contributed by atoms with E-state index in [-0.39, 0.29) is 11.9 Å². The van der Waals surface area contributed by atoms with Crippen molar-refractivity contribution in [1.82, 2.24) is 20.1 Å². The van der Waals surface area contributed by atoms with Crippen LogP contribution in [0.15, 0.2) is 79.1 Å². The van der Waals surface area contributed by atoms with Gasteiger partial charge in [-0.25, -0.2) is 0 Å². The number of hydrogen-bond donors (Lipinski definition) is 1. The van der Waals surface area contributed by atoms with Crippen LogP contribution in [0.4, 0.5) is 0 Å². The van der Waals surface area contributed by atoms with Crippen molar-refractivity contribution in [3.05, 3.63) is 101 Å². The van der Waals surface area contributed by atoms with Crippen molar-refractivity contribution < 1.29 is 4.79 Å². The summed E-state index contributed by atoms with van der Waals surface area (Å²) in [6.07, 6.45) is 3.25. The van der Waals surface area contributed by atoms with Gasteiger partial charge in [0.2, 0.25) is 0 Å². The zero-order valence-electron chi connectivity index (χ0n) is 16.7. The van der Waals surface area contributed by atoms with Crippen molar-refractivity contribution in [1.29, 1.82) is 0 Å². The maximum Gasteiger partial charge on any atom is 0.253 e. The number of carbonyl (C=O) groups excluding carboxylic acids is 1. The van der Waals surface area contributed by atoms with E-state index in [9.17, 15) is 4.79 Å². The lowest BCUT2D eigenvalue weighted by Gasteiger charge is -2.39. The second-order valence-electron chi connectivity index (χ2n) is 7.42. The molecule has 5 nitrogen and oxygen atoms in total. The van der Waals surface area contributed by atoms with E-state index < -0.39 is 0 Å². The number of piperazine rings is 1. The smallest absolute Gasteiger partial charge is 0.253 e. The number of nitrogens with one attached hydrogen (secondary N) is 1. The minimum Gasteiger partial charge on any atom is -0.339 e. The van der Waals surface area contributed by atoms with Crippen molar-refractivity contribution in [3.63, 3.8) is 0 Å². The fourth-order valence-electron chi connectivity index (χ4n) is 3.86. The third-order valence-electron chi connectivity index (χ3n) is 5.46. The first-order chi connectivity index (χ1) is 14.7. The van der Waals surface area contributed by atoms with Crippen molar-refractivity contribution in [2.45, 2.75) is 6.04 Å². The maximum atomic E-state index is 12.3. The molecule has 2 aromatic carbocycles. The molecule has 4 rings (SSSR count). The summed E-state index contributed by atoms with van der Waals surface area (Å²) < 4.78 is 0. The summed E-state index contributed by atoms with van der Waals surface area (Å²) in [6.45, 7) is 4.17. The summed E-state index contributed by atoms with van der Waals surface area (Å²) in [4.78, 5) is 21.0. The molecule has 6 heteroatoms. The molecular formula is C24H25ClN4O. The largest absolute Gasteiger partial charge is 0.339 e. The van der Waals surface area contributed by atoms with E-state index in [1.807, 2.05) is 18.2 Å². The molecular weight excluding hydrogens is 396 g/mol. The van der Waals surface area contributed by atoms with Crippen LogP contribution in [-0.2, 0) is 0 Å². The van der Waals surface area contributed by atoms with Gasteiger partial charge < -0.3 is 5.32 Å². The number of pyridine rings is 1. The molecule has 1 fully saturated rings. The highest BCUT2D eigenvalue weighted by Crippen LogP contribution is 2.30. The number of benzene rings is 2. The summed E-state index contributed by atoms with van der Waals surface area (Å²) in [5.41, 5.74) is 3.10. The van der Waals surface area contributed by atoms with Gasteiger partial charge in [0.15, 0.2) is 0 Å². The monoisotopic (exact) mass is 420 g/mol. The second kappa shape index (κ2) is 9.85. The van der Waals surface area contributed by atoms with Crippen LogP contribution in [0.25, 0.3) is 0 Å². The van der Waals surface area contributed by atoms with Crippen LogP contribution in [0.1, 0.15) is 27.5 Å². The molecule has 0 spiro atoms. The average Bonchev–Trinajstić information content (AvgIpc) is 2.81. The summed E-state index contributed by atoms with van der Waals surface area (Å²) in [5.74, 6) is -0.0890. The Morgan fingerprint density at radius 3 is 2.30 bits per heavy atom. The van der Waals surface area contributed by atoms with Crippen LogP contribution in [-0.4, -0.2) is 53.5 Å². The molecule has 0 aliphatic carbocycles. The Kier molecular flexibility index (Phi) is 6.74. The van der Waals surface area contributed by atoms with Gasteiger partial charge in [-0.3, -0.25) is 19.6 Å². The third-order valence-corrected chi connectivity index (χ3v) is 5.71. The Hall–Kier alpha value is -2.73. The molecule has 2 heterocycles. The molecule has 1 saturated heterocycles. The lowest BCUT2D eigenvalue weighted by Crippen LogP contribution is -2.50. The van der Waals surface area contributed by atoms with Crippen molar-refractivity contribution in [3.8, 4) is 0 Å². The molecule has 1 aliphatic rings. The molecule has 0 radical (unpaired) electrons. The predicted octanol–water partition coefficient (Wildman–Crippen LogP) is 3.83. The molecule has 1 aromatic heterocycles. The van der Waals surface area contributed by atoms with Gasteiger partial charge >= 0.3 is 0 Å². The minimum atomic E-state index is -0.0890. The molecule has 3 aromatic rings. The number of carbonyl (C=O) groups is 1. The first-order valence-electron chi connectivity index (χ1n) is 10.2. The van der Waals surface area contributed by atoms with E-state index in [0.717, 1.165) is 31.2 Å². The second-order valence-corrected chi connectivity index (χ2v) is 7.86. The SMILES string of the molecule is O=C(NCN1CCN(C(c2ccccc2)c2ccc(Cl)cc2)CC1)c1cccnc1.